The number of esters is 1. The van der Waals surface area contributed by atoms with E-state index in [0.29, 0.717) is 18.9 Å². The van der Waals surface area contributed by atoms with Gasteiger partial charge in [-0.3, -0.25) is 19.7 Å². The Labute approximate surface area is 138 Å². The first-order chi connectivity index (χ1) is 11.3. The summed E-state index contributed by atoms with van der Waals surface area (Å²) < 4.78 is 32.3. The molecule has 0 spiro atoms. The molecule has 0 aliphatic carbocycles. The second kappa shape index (κ2) is 9.05. The van der Waals surface area contributed by atoms with Gasteiger partial charge in [-0.1, -0.05) is 6.42 Å². The lowest BCUT2D eigenvalue weighted by molar-refractivity contribution is -0.385. The van der Waals surface area contributed by atoms with Gasteiger partial charge in [0.05, 0.1) is 23.0 Å². The summed E-state index contributed by atoms with van der Waals surface area (Å²) in [5.41, 5.74) is -1.16. The number of carbonyl (C=O) groups excluding carboxylic acids is 2. The van der Waals surface area contributed by atoms with Crippen molar-refractivity contribution in [3.8, 4) is 0 Å². The predicted molar refractivity (Wildman–Crippen MR) is 81.5 cm³/mol. The lowest BCUT2D eigenvalue weighted by atomic mass is 9.88. The molecular formula is C16H19F2NO5. The van der Waals surface area contributed by atoms with Crippen LogP contribution in [0.5, 0.6) is 0 Å². The zero-order valence-electron chi connectivity index (χ0n) is 13.5. The van der Waals surface area contributed by atoms with E-state index in [1.165, 1.54) is 6.92 Å². The van der Waals surface area contributed by atoms with Crippen molar-refractivity contribution in [2.45, 2.75) is 45.4 Å². The second-order valence-electron chi connectivity index (χ2n) is 5.27. The van der Waals surface area contributed by atoms with Crippen LogP contribution in [-0.4, -0.2) is 23.3 Å². The first-order valence-corrected chi connectivity index (χ1v) is 7.57. The lowest BCUT2D eigenvalue weighted by Gasteiger charge is -2.15. The van der Waals surface area contributed by atoms with Crippen molar-refractivity contribution in [1.29, 1.82) is 0 Å². The highest BCUT2D eigenvalue weighted by molar-refractivity contribution is 5.84. The van der Waals surface area contributed by atoms with Crippen molar-refractivity contribution in [1.82, 2.24) is 0 Å². The number of unbranched alkanes of at least 4 members (excludes halogenated alkanes) is 1. The molecule has 0 N–H and O–H groups in total. The smallest absolute Gasteiger partial charge is 0.305 e. The number of benzene rings is 1. The normalized spacial score (nSPS) is 11.8. The molecule has 0 saturated carbocycles. The van der Waals surface area contributed by atoms with Gasteiger partial charge < -0.3 is 4.74 Å². The molecule has 0 aliphatic heterocycles. The summed E-state index contributed by atoms with van der Waals surface area (Å²) in [6.45, 7) is 3.11. The van der Waals surface area contributed by atoms with E-state index in [4.69, 9.17) is 4.74 Å². The summed E-state index contributed by atoms with van der Waals surface area (Å²) in [6, 6.07) is 1.51. The fourth-order valence-electron chi connectivity index (χ4n) is 2.45. The van der Waals surface area contributed by atoms with Crippen molar-refractivity contribution in [3.05, 3.63) is 39.4 Å². The first kappa shape index (κ1) is 19.7. The third kappa shape index (κ3) is 5.07. The molecule has 0 amide bonds. The number of Topliss-reactive ketones (excluding diaryl/α,β-unsaturated/α-hetero) is 1. The largest absolute Gasteiger partial charge is 0.466 e. The van der Waals surface area contributed by atoms with Crippen LogP contribution in [0.25, 0.3) is 0 Å². The third-order valence-corrected chi connectivity index (χ3v) is 3.57. The van der Waals surface area contributed by atoms with Crippen LogP contribution in [0.15, 0.2) is 12.1 Å². The number of nitro benzene ring substituents is 1. The number of nitro groups is 1. The third-order valence-electron chi connectivity index (χ3n) is 3.57. The number of rotatable bonds is 9. The Hall–Kier alpha value is -2.38. The average molecular weight is 343 g/mol. The highest BCUT2D eigenvalue weighted by Gasteiger charge is 2.30. The number of nitrogens with zero attached hydrogens (tertiary/aromatic N) is 1. The van der Waals surface area contributed by atoms with E-state index < -0.39 is 39.5 Å². The van der Waals surface area contributed by atoms with Crippen LogP contribution < -0.4 is 0 Å². The average Bonchev–Trinajstić information content (AvgIpc) is 2.50. The summed E-state index contributed by atoms with van der Waals surface area (Å²) in [5.74, 6) is -4.65. The van der Waals surface area contributed by atoms with Gasteiger partial charge in [-0.05, 0) is 32.8 Å². The summed E-state index contributed by atoms with van der Waals surface area (Å²) in [7, 11) is 0. The van der Waals surface area contributed by atoms with E-state index in [9.17, 15) is 28.5 Å². The number of ketones is 1. The molecule has 1 rings (SSSR count). The SMILES string of the molecule is CCOC(=O)CCCCC(C(C)=O)c1c([N+](=O)[O-])ccc(F)c1F. The number of ether oxygens (including phenoxy) is 1. The van der Waals surface area contributed by atoms with Gasteiger partial charge in [0.15, 0.2) is 11.6 Å². The van der Waals surface area contributed by atoms with Gasteiger partial charge in [-0.25, -0.2) is 8.78 Å². The standard InChI is InChI=1S/C16H19F2NO5/c1-3-24-14(21)7-5-4-6-11(10(2)20)15-13(19(22)23)9-8-12(17)16(15)18/h8-9,11H,3-7H2,1-2H3. The minimum Gasteiger partial charge on any atom is -0.466 e. The molecule has 0 saturated heterocycles. The van der Waals surface area contributed by atoms with Gasteiger partial charge in [-0.15, -0.1) is 0 Å². The van der Waals surface area contributed by atoms with E-state index in [0.717, 1.165) is 6.07 Å². The lowest BCUT2D eigenvalue weighted by Crippen LogP contribution is -2.14. The Kier molecular flexibility index (Phi) is 7.41. The molecule has 1 atom stereocenters. The number of halogens is 2. The van der Waals surface area contributed by atoms with Gasteiger partial charge in [0.1, 0.15) is 5.78 Å². The second-order valence-corrected chi connectivity index (χ2v) is 5.27. The number of hydrogen-bond donors (Lipinski definition) is 0. The van der Waals surface area contributed by atoms with Crippen molar-refractivity contribution < 1.29 is 28.0 Å². The fraction of sp³-hybridized carbons (Fsp3) is 0.500. The topological polar surface area (TPSA) is 86.5 Å². The Morgan fingerprint density at radius 3 is 2.50 bits per heavy atom. The Balaban J connectivity index is 2.93. The van der Waals surface area contributed by atoms with Gasteiger partial charge in [-0.2, -0.15) is 0 Å². The molecule has 0 fully saturated rings. The van der Waals surface area contributed by atoms with E-state index >= 15 is 0 Å². The molecule has 0 radical (unpaired) electrons. The molecule has 1 aromatic rings. The monoisotopic (exact) mass is 343 g/mol. The predicted octanol–water partition coefficient (Wildman–Crippen LogP) is 3.67. The van der Waals surface area contributed by atoms with Crippen LogP contribution in [0, 0.1) is 21.7 Å². The summed E-state index contributed by atoms with van der Waals surface area (Å²) in [4.78, 5) is 33.3. The molecule has 6 nitrogen and oxygen atoms in total. The molecule has 8 heteroatoms. The van der Waals surface area contributed by atoms with Crippen LogP contribution in [-0.2, 0) is 14.3 Å². The highest BCUT2D eigenvalue weighted by Crippen LogP contribution is 2.34. The molecule has 1 aromatic carbocycles. The van der Waals surface area contributed by atoms with Crippen LogP contribution in [0.2, 0.25) is 0 Å². The van der Waals surface area contributed by atoms with Crippen LogP contribution in [0.3, 0.4) is 0 Å². The maximum atomic E-state index is 14.1. The maximum Gasteiger partial charge on any atom is 0.305 e. The fourth-order valence-corrected chi connectivity index (χ4v) is 2.45. The van der Waals surface area contributed by atoms with Gasteiger partial charge in [0.25, 0.3) is 5.69 Å². The van der Waals surface area contributed by atoms with Crippen molar-refractivity contribution in [2.24, 2.45) is 0 Å². The molecule has 0 heterocycles. The van der Waals surface area contributed by atoms with Crippen LogP contribution in [0.1, 0.15) is 51.0 Å². The van der Waals surface area contributed by atoms with E-state index in [-0.39, 0.29) is 25.4 Å². The maximum absolute atomic E-state index is 14.1. The summed E-state index contributed by atoms with van der Waals surface area (Å²) >= 11 is 0. The highest BCUT2D eigenvalue weighted by atomic mass is 19.2. The van der Waals surface area contributed by atoms with E-state index in [1.807, 2.05) is 0 Å². The van der Waals surface area contributed by atoms with Crippen molar-refractivity contribution in [3.63, 3.8) is 0 Å². The Morgan fingerprint density at radius 2 is 1.96 bits per heavy atom. The van der Waals surface area contributed by atoms with Gasteiger partial charge in [0, 0.05) is 12.5 Å². The molecule has 0 aromatic heterocycles. The molecule has 24 heavy (non-hydrogen) atoms. The summed E-state index contributed by atoms with van der Waals surface area (Å²) in [5, 5.41) is 11.0. The molecule has 0 aliphatic rings. The van der Waals surface area contributed by atoms with Gasteiger partial charge >= 0.3 is 5.97 Å². The van der Waals surface area contributed by atoms with Crippen molar-refractivity contribution in [2.75, 3.05) is 6.61 Å². The van der Waals surface area contributed by atoms with Crippen LogP contribution in [0.4, 0.5) is 14.5 Å². The van der Waals surface area contributed by atoms with Crippen molar-refractivity contribution >= 4 is 17.4 Å². The zero-order valence-corrected chi connectivity index (χ0v) is 13.5. The number of hydrogen-bond acceptors (Lipinski definition) is 5. The molecule has 0 bridgehead atoms. The Bertz CT molecular complexity index is 633. The molecule has 132 valence electrons. The molecule has 1 unspecified atom stereocenters. The minimum atomic E-state index is -1.38. The summed E-state index contributed by atoms with van der Waals surface area (Å²) in [6.07, 6.45) is 0.936. The van der Waals surface area contributed by atoms with E-state index in [2.05, 4.69) is 0 Å². The van der Waals surface area contributed by atoms with Crippen LogP contribution >= 0.6 is 0 Å². The Morgan fingerprint density at radius 1 is 1.29 bits per heavy atom. The molecular weight excluding hydrogens is 324 g/mol. The van der Waals surface area contributed by atoms with E-state index in [1.54, 1.807) is 6.92 Å². The van der Waals surface area contributed by atoms with Gasteiger partial charge in [0.2, 0.25) is 0 Å². The first-order valence-electron chi connectivity index (χ1n) is 7.57. The zero-order chi connectivity index (χ0) is 18.3. The number of carbonyl (C=O) groups is 2. The quantitative estimate of drug-likeness (QED) is 0.295. The minimum absolute atomic E-state index is 0.0793.